The van der Waals surface area contributed by atoms with Crippen molar-refractivity contribution in [2.45, 2.75) is 12.5 Å². The molecular formula is C16H19BrN2O. The van der Waals surface area contributed by atoms with Crippen LogP contribution in [0.2, 0.25) is 0 Å². The summed E-state index contributed by atoms with van der Waals surface area (Å²) in [7, 11) is 0. The predicted octanol–water partition coefficient (Wildman–Crippen LogP) is 3.43. The number of hydrogen-bond donors (Lipinski definition) is 1. The fourth-order valence-corrected chi connectivity index (χ4v) is 3.22. The average Bonchev–Trinajstić information content (AvgIpc) is 2.83. The Balaban J connectivity index is 1.95. The molecule has 1 unspecified atom stereocenters. The van der Waals surface area contributed by atoms with Crippen LogP contribution in [-0.4, -0.2) is 31.1 Å². The van der Waals surface area contributed by atoms with Crippen molar-refractivity contribution in [3.05, 3.63) is 58.5 Å². The first-order valence-electron chi connectivity index (χ1n) is 7.08. The van der Waals surface area contributed by atoms with Gasteiger partial charge in [0.2, 0.25) is 0 Å². The van der Waals surface area contributed by atoms with Gasteiger partial charge in [0.15, 0.2) is 0 Å². The fraction of sp³-hybridized carbons (Fsp3) is 0.375. The molecule has 3 rings (SSSR count). The molecule has 4 heteroatoms. The summed E-state index contributed by atoms with van der Waals surface area (Å²) in [4.78, 5) is 2.50. The normalized spacial score (nSPS) is 18.6. The van der Waals surface area contributed by atoms with Crippen LogP contribution in [0.15, 0.2) is 51.6 Å². The summed E-state index contributed by atoms with van der Waals surface area (Å²) < 4.78 is 6.82. The van der Waals surface area contributed by atoms with Crippen molar-refractivity contribution in [2.24, 2.45) is 0 Å². The smallest absolute Gasteiger partial charge is 0.125 e. The molecule has 20 heavy (non-hydrogen) atoms. The van der Waals surface area contributed by atoms with Crippen molar-refractivity contribution in [3.63, 3.8) is 0 Å². The van der Waals surface area contributed by atoms with E-state index < -0.39 is 0 Å². The van der Waals surface area contributed by atoms with E-state index in [4.69, 9.17) is 4.42 Å². The monoisotopic (exact) mass is 334 g/mol. The maximum atomic E-state index is 5.71. The molecule has 106 valence electrons. The Morgan fingerprint density at radius 2 is 2.10 bits per heavy atom. The Labute approximate surface area is 128 Å². The summed E-state index contributed by atoms with van der Waals surface area (Å²) in [5, 5.41) is 3.46. The third-order valence-corrected chi connectivity index (χ3v) is 4.21. The van der Waals surface area contributed by atoms with Crippen LogP contribution >= 0.6 is 15.9 Å². The summed E-state index contributed by atoms with van der Waals surface area (Å²) in [6, 6.07) is 12.8. The third-order valence-electron chi connectivity index (χ3n) is 3.72. The molecule has 0 spiro atoms. The van der Waals surface area contributed by atoms with Gasteiger partial charge in [-0.15, -0.1) is 0 Å². The maximum absolute atomic E-state index is 5.71. The number of rotatable bonds is 3. The van der Waals surface area contributed by atoms with Crippen LogP contribution in [0.25, 0.3) is 0 Å². The van der Waals surface area contributed by atoms with Gasteiger partial charge in [-0.05, 0) is 42.8 Å². The molecule has 1 fully saturated rings. The van der Waals surface area contributed by atoms with E-state index in [0.717, 1.165) is 36.4 Å². The van der Waals surface area contributed by atoms with E-state index in [9.17, 15) is 0 Å². The number of benzene rings is 1. The highest BCUT2D eigenvalue weighted by molar-refractivity contribution is 9.10. The molecule has 0 radical (unpaired) electrons. The molecule has 3 nitrogen and oxygen atoms in total. The highest BCUT2D eigenvalue weighted by atomic mass is 79.9. The lowest BCUT2D eigenvalue weighted by molar-refractivity contribution is 0.216. The van der Waals surface area contributed by atoms with Crippen LogP contribution in [0.1, 0.15) is 23.8 Å². The Morgan fingerprint density at radius 3 is 2.90 bits per heavy atom. The molecule has 2 aromatic rings. The molecule has 1 atom stereocenters. The minimum Gasteiger partial charge on any atom is -0.467 e. The lowest BCUT2D eigenvalue weighted by Crippen LogP contribution is -2.32. The first kappa shape index (κ1) is 13.9. The summed E-state index contributed by atoms with van der Waals surface area (Å²) in [5.74, 6) is 1.02. The lowest BCUT2D eigenvalue weighted by Gasteiger charge is -2.29. The average molecular weight is 335 g/mol. The van der Waals surface area contributed by atoms with Crippen LogP contribution in [0, 0.1) is 0 Å². The number of furan rings is 1. The first-order valence-corrected chi connectivity index (χ1v) is 7.87. The van der Waals surface area contributed by atoms with Crippen molar-refractivity contribution in [1.29, 1.82) is 0 Å². The van der Waals surface area contributed by atoms with Gasteiger partial charge >= 0.3 is 0 Å². The molecule has 2 heterocycles. The van der Waals surface area contributed by atoms with Gasteiger partial charge in [-0.3, -0.25) is 4.90 Å². The molecule has 1 saturated heterocycles. The summed E-state index contributed by atoms with van der Waals surface area (Å²) in [5.41, 5.74) is 1.27. The van der Waals surface area contributed by atoms with Crippen molar-refractivity contribution in [1.82, 2.24) is 10.2 Å². The van der Waals surface area contributed by atoms with Crippen LogP contribution in [0.4, 0.5) is 0 Å². The van der Waals surface area contributed by atoms with Gasteiger partial charge in [0.25, 0.3) is 0 Å². The van der Waals surface area contributed by atoms with E-state index in [1.54, 1.807) is 6.26 Å². The van der Waals surface area contributed by atoms with E-state index in [1.807, 2.05) is 6.07 Å². The van der Waals surface area contributed by atoms with Crippen molar-refractivity contribution in [2.75, 3.05) is 26.2 Å². The Hall–Kier alpha value is -1.10. The van der Waals surface area contributed by atoms with Crippen molar-refractivity contribution in [3.8, 4) is 0 Å². The molecule has 1 N–H and O–H groups in total. The zero-order valence-electron chi connectivity index (χ0n) is 11.4. The molecule has 0 aliphatic carbocycles. The van der Waals surface area contributed by atoms with Crippen molar-refractivity contribution >= 4 is 15.9 Å². The topological polar surface area (TPSA) is 28.4 Å². The SMILES string of the molecule is Brc1cccc(C(c2ccco2)N2CCCNCC2)c1. The Kier molecular flexibility index (Phi) is 4.55. The summed E-state index contributed by atoms with van der Waals surface area (Å²) in [6.45, 7) is 4.26. The van der Waals surface area contributed by atoms with E-state index in [0.29, 0.717) is 0 Å². The first-order chi connectivity index (χ1) is 9.84. The zero-order chi connectivity index (χ0) is 13.8. The van der Waals surface area contributed by atoms with Crippen LogP contribution < -0.4 is 5.32 Å². The van der Waals surface area contributed by atoms with Crippen molar-refractivity contribution < 1.29 is 4.42 Å². The summed E-state index contributed by atoms with van der Waals surface area (Å²) in [6.07, 6.45) is 2.93. The van der Waals surface area contributed by atoms with Crippen LogP contribution in [-0.2, 0) is 0 Å². The minimum atomic E-state index is 0.197. The summed E-state index contributed by atoms with van der Waals surface area (Å²) >= 11 is 3.57. The highest BCUT2D eigenvalue weighted by Crippen LogP contribution is 2.30. The standard InChI is InChI=1S/C16H19BrN2O/c17-14-5-1-4-13(12-14)16(15-6-2-11-20-15)19-9-3-7-18-8-10-19/h1-2,4-6,11-12,16,18H,3,7-10H2. The molecular weight excluding hydrogens is 316 g/mol. The third kappa shape index (κ3) is 3.14. The molecule has 1 aromatic carbocycles. The van der Waals surface area contributed by atoms with E-state index in [2.05, 4.69) is 56.5 Å². The second-order valence-electron chi connectivity index (χ2n) is 5.11. The lowest BCUT2D eigenvalue weighted by atomic mass is 10.0. The van der Waals surface area contributed by atoms with E-state index in [1.165, 1.54) is 12.0 Å². The van der Waals surface area contributed by atoms with Gasteiger partial charge in [0.05, 0.1) is 12.3 Å². The Morgan fingerprint density at radius 1 is 1.15 bits per heavy atom. The molecule has 1 aliphatic rings. The maximum Gasteiger partial charge on any atom is 0.125 e. The van der Waals surface area contributed by atoms with Gasteiger partial charge in [-0.1, -0.05) is 28.1 Å². The fourth-order valence-electron chi connectivity index (χ4n) is 2.80. The second kappa shape index (κ2) is 6.57. The van der Waals surface area contributed by atoms with Gasteiger partial charge in [0.1, 0.15) is 5.76 Å². The van der Waals surface area contributed by atoms with Gasteiger partial charge in [-0.2, -0.15) is 0 Å². The number of nitrogens with one attached hydrogen (secondary N) is 1. The van der Waals surface area contributed by atoms with Gasteiger partial charge in [0, 0.05) is 24.1 Å². The Bertz CT molecular complexity index is 533. The second-order valence-corrected chi connectivity index (χ2v) is 6.03. The van der Waals surface area contributed by atoms with Gasteiger partial charge in [-0.25, -0.2) is 0 Å². The number of halogens is 1. The van der Waals surface area contributed by atoms with E-state index in [-0.39, 0.29) is 6.04 Å². The number of nitrogens with zero attached hydrogens (tertiary/aromatic N) is 1. The zero-order valence-corrected chi connectivity index (χ0v) is 13.0. The molecule has 1 aromatic heterocycles. The number of hydrogen-bond acceptors (Lipinski definition) is 3. The highest BCUT2D eigenvalue weighted by Gasteiger charge is 2.25. The largest absolute Gasteiger partial charge is 0.467 e. The quantitative estimate of drug-likeness (QED) is 0.932. The predicted molar refractivity (Wildman–Crippen MR) is 83.8 cm³/mol. The van der Waals surface area contributed by atoms with Crippen LogP contribution in [0.3, 0.4) is 0 Å². The minimum absolute atomic E-state index is 0.197. The molecule has 1 aliphatic heterocycles. The van der Waals surface area contributed by atoms with E-state index >= 15 is 0 Å². The molecule has 0 bridgehead atoms. The van der Waals surface area contributed by atoms with Crippen LogP contribution in [0.5, 0.6) is 0 Å². The molecule has 0 saturated carbocycles. The molecule has 0 amide bonds. The van der Waals surface area contributed by atoms with Gasteiger partial charge < -0.3 is 9.73 Å².